The molecular formula is C15H21N3O4S. The first-order chi connectivity index (χ1) is 10.9. The highest BCUT2D eigenvalue weighted by Gasteiger charge is 2.14. The molecule has 0 spiro atoms. The minimum Gasteiger partial charge on any atom is -0.490 e. The average molecular weight is 339 g/mol. The second-order valence-electron chi connectivity index (χ2n) is 4.76. The van der Waals surface area contributed by atoms with Crippen LogP contribution in [0.1, 0.15) is 31.1 Å². The number of carbonyl (C=O) groups excluding carboxylic acids is 2. The van der Waals surface area contributed by atoms with Crippen LogP contribution in [-0.2, 0) is 9.53 Å². The Morgan fingerprint density at radius 2 is 1.91 bits per heavy atom. The van der Waals surface area contributed by atoms with Gasteiger partial charge in [-0.2, -0.15) is 0 Å². The zero-order chi connectivity index (χ0) is 17.2. The molecule has 0 aliphatic rings. The Labute approximate surface area is 140 Å². The third-order valence-corrected chi connectivity index (χ3v) is 2.68. The molecule has 3 N–H and O–H groups in total. The topological polar surface area (TPSA) is 88.7 Å². The Balaban J connectivity index is 2.56. The molecule has 0 saturated heterocycles. The number of amides is 2. The number of benzene rings is 1. The van der Waals surface area contributed by atoms with Crippen molar-refractivity contribution < 1.29 is 19.1 Å². The molecule has 2 amide bonds. The van der Waals surface area contributed by atoms with Gasteiger partial charge in [-0.15, -0.1) is 0 Å². The minimum atomic E-state index is -0.433. The lowest BCUT2D eigenvalue weighted by Crippen LogP contribution is -2.49. The van der Waals surface area contributed by atoms with E-state index in [0.29, 0.717) is 17.9 Å². The number of hydrogen-bond donors (Lipinski definition) is 3. The van der Waals surface area contributed by atoms with E-state index < -0.39 is 11.8 Å². The Kier molecular flexibility index (Phi) is 8.00. The molecule has 0 unspecified atom stereocenters. The number of para-hydroxylation sites is 1. The van der Waals surface area contributed by atoms with Gasteiger partial charge in [0, 0.05) is 6.61 Å². The molecule has 0 fully saturated rings. The molecule has 1 rings (SSSR count). The Morgan fingerprint density at radius 3 is 2.57 bits per heavy atom. The zero-order valence-electron chi connectivity index (χ0n) is 13.3. The summed E-state index contributed by atoms with van der Waals surface area (Å²) >= 11 is 4.95. The summed E-state index contributed by atoms with van der Waals surface area (Å²) in [7, 11) is 0. The van der Waals surface area contributed by atoms with Crippen LogP contribution >= 0.6 is 12.2 Å². The van der Waals surface area contributed by atoms with Crippen LogP contribution in [0.5, 0.6) is 5.75 Å². The van der Waals surface area contributed by atoms with Crippen molar-refractivity contribution in [3.8, 4) is 5.75 Å². The maximum atomic E-state index is 12.2. The normalized spacial score (nSPS) is 10.1. The predicted molar refractivity (Wildman–Crippen MR) is 90.0 cm³/mol. The maximum Gasteiger partial charge on any atom is 0.264 e. The van der Waals surface area contributed by atoms with Gasteiger partial charge in [-0.3, -0.25) is 25.8 Å². The SMILES string of the molecule is CCOCC(=O)NNC(=S)NC(=O)c1ccccc1OC(C)C. The summed E-state index contributed by atoms with van der Waals surface area (Å²) in [6.45, 7) is 5.86. The van der Waals surface area contributed by atoms with Crippen molar-refractivity contribution in [2.75, 3.05) is 13.2 Å². The molecule has 8 heteroatoms. The van der Waals surface area contributed by atoms with Crippen LogP contribution in [0.3, 0.4) is 0 Å². The number of hydrazine groups is 1. The highest BCUT2D eigenvalue weighted by atomic mass is 32.1. The Bertz CT molecular complexity index is 563. The van der Waals surface area contributed by atoms with Crippen molar-refractivity contribution in [3.63, 3.8) is 0 Å². The summed E-state index contributed by atoms with van der Waals surface area (Å²) in [6.07, 6.45) is -0.0631. The van der Waals surface area contributed by atoms with Gasteiger partial charge in [0.25, 0.3) is 11.8 Å². The number of ether oxygens (including phenoxy) is 2. The van der Waals surface area contributed by atoms with Gasteiger partial charge in [0.2, 0.25) is 0 Å². The molecule has 0 saturated carbocycles. The van der Waals surface area contributed by atoms with E-state index in [2.05, 4.69) is 16.2 Å². The van der Waals surface area contributed by atoms with Crippen LogP contribution in [0.4, 0.5) is 0 Å². The van der Waals surface area contributed by atoms with Crippen LogP contribution in [0.25, 0.3) is 0 Å². The van der Waals surface area contributed by atoms with Gasteiger partial charge in [0.1, 0.15) is 12.4 Å². The number of carbonyl (C=O) groups is 2. The van der Waals surface area contributed by atoms with E-state index in [9.17, 15) is 9.59 Å². The molecule has 0 heterocycles. The average Bonchev–Trinajstić information content (AvgIpc) is 2.50. The van der Waals surface area contributed by atoms with Gasteiger partial charge in [-0.1, -0.05) is 12.1 Å². The standard InChI is InChI=1S/C15H21N3O4S/c1-4-21-9-13(19)17-18-15(23)16-14(20)11-7-5-6-8-12(11)22-10(2)3/h5-8,10H,4,9H2,1-3H3,(H,17,19)(H2,16,18,20,23). The molecule has 0 aliphatic heterocycles. The molecule has 0 bridgehead atoms. The van der Waals surface area contributed by atoms with Crippen LogP contribution in [0, 0.1) is 0 Å². The van der Waals surface area contributed by atoms with E-state index in [4.69, 9.17) is 21.7 Å². The van der Waals surface area contributed by atoms with Crippen LogP contribution in [0.15, 0.2) is 24.3 Å². The van der Waals surface area contributed by atoms with Crippen molar-refractivity contribution in [2.24, 2.45) is 0 Å². The Hall–Kier alpha value is -2.19. The molecule has 0 atom stereocenters. The molecule has 126 valence electrons. The van der Waals surface area contributed by atoms with Gasteiger partial charge in [0.15, 0.2) is 5.11 Å². The van der Waals surface area contributed by atoms with E-state index in [1.807, 2.05) is 13.8 Å². The first-order valence-electron chi connectivity index (χ1n) is 7.17. The number of nitrogens with one attached hydrogen (secondary N) is 3. The molecule has 1 aromatic carbocycles. The van der Waals surface area contributed by atoms with E-state index in [1.54, 1.807) is 31.2 Å². The Morgan fingerprint density at radius 1 is 1.22 bits per heavy atom. The smallest absolute Gasteiger partial charge is 0.264 e. The lowest BCUT2D eigenvalue weighted by molar-refractivity contribution is -0.126. The molecule has 1 aromatic rings. The van der Waals surface area contributed by atoms with Gasteiger partial charge in [-0.25, -0.2) is 0 Å². The minimum absolute atomic E-state index is 0.0285. The molecule has 0 aliphatic carbocycles. The third-order valence-electron chi connectivity index (χ3n) is 2.47. The molecule has 0 radical (unpaired) electrons. The third kappa shape index (κ3) is 7.07. The van der Waals surface area contributed by atoms with Crippen LogP contribution in [0.2, 0.25) is 0 Å². The first-order valence-corrected chi connectivity index (χ1v) is 7.58. The number of hydrogen-bond acceptors (Lipinski definition) is 5. The maximum absolute atomic E-state index is 12.2. The van der Waals surface area contributed by atoms with Crippen molar-refractivity contribution >= 4 is 29.1 Å². The molecular weight excluding hydrogens is 318 g/mol. The summed E-state index contributed by atoms with van der Waals surface area (Å²) in [6, 6.07) is 6.83. The highest BCUT2D eigenvalue weighted by Crippen LogP contribution is 2.19. The first kappa shape index (κ1) is 18.9. The summed E-state index contributed by atoms with van der Waals surface area (Å²) < 4.78 is 10.5. The zero-order valence-corrected chi connectivity index (χ0v) is 14.2. The summed E-state index contributed by atoms with van der Waals surface area (Å²) in [4.78, 5) is 23.6. The summed E-state index contributed by atoms with van der Waals surface area (Å²) in [5.41, 5.74) is 5.10. The van der Waals surface area contributed by atoms with E-state index >= 15 is 0 Å². The van der Waals surface area contributed by atoms with Crippen molar-refractivity contribution in [1.29, 1.82) is 0 Å². The fourth-order valence-electron chi connectivity index (χ4n) is 1.57. The monoisotopic (exact) mass is 339 g/mol. The van der Waals surface area contributed by atoms with E-state index in [0.717, 1.165) is 0 Å². The second kappa shape index (κ2) is 9.75. The lowest BCUT2D eigenvalue weighted by Gasteiger charge is -2.15. The highest BCUT2D eigenvalue weighted by molar-refractivity contribution is 7.80. The quantitative estimate of drug-likeness (QED) is 0.532. The van der Waals surface area contributed by atoms with Crippen LogP contribution < -0.4 is 20.9 Å². The number of thiocarbonyl (C=S) groups is 1. The van der Waals surface area contributed by atoms with Gasteiger partial charge in [0.05, 0.1) is 11.7 Å². The van der Waals surface area contributed by atoms with Crippen molar-refractivity contribution in [1.82, 2.24) is 16.2 Å². The van der Waals surface area contributed by atoms with Crippen molar-refractivity contribution in [2.45, 2.75) is 26.9 Å². The molecule has 7 nitrogen and oxygen atoms in total. The van der Waals surface area contributed by atoms with Gasteiger partial charge < -0.3 is 9.47 Å². The van der Waals surface area contributed by atoms with Gasteiger partial charge in [-0.05, 0) is 45.1 Å². The fourth-order valence-corrected chi connectivity index (χ4v) is 1.71. The summed E-state index contributed by atoms with van der Waals surface area (Å²) in [5, 5.41) is 2.44. The fraction of sp³-hybridized carbons (Fsp3) is 0.400. The van der Waals surface area contributed by atoms with Crippen molar-refractivity contribution in [3.05, 3.63) is 29.8 Å². The number of rotatable bonds is 6. The van der Waals surface area contributed by atoms with Crippen LogP contribution in [-0.4, -0.2) is 36.2 Å². The van der Waals surface area contributed by atoms with E-state index in [-0.39, 0.29) is 17.8 Å². The largest absolute Gasteiger partial charge is 0.490 e. The van der Waals surface area contributed by atoms with Gasteiger partial charge >= 0.3 is 0 Å². The summed E-state index contributed by atoms with van der Waals surface area (Å²) in [5.74, 6) is -0.368. The van der Waals surface area contributed by atoms with E-state index in [1.165, 1.54) is 0 Å². The molecule has 23 heavy (non-hydrogen) atoms. The lowest BCUT2D eigenvalue weighted by atomic mass is 10.2. The predicted octanol–water partition coefficient (Wildman–Crippen LogP) is 1.15. The second-order valence-corrected chi connectivity index (χ2v) is 5.16. The molecule has 0 aromatic heterocycles.